The van der Waals surface area contributed by atoms with Gasteiger partial charge in [0.2, 0.25) is 5.91 Å². The number of ether oxygens (including phenoxy) is 1. The second-order valence-corrected chi connectivity index (χ2v) is 8.80. The molecule has 0 fully saturated rings. The Bertz CT molecular complexity index is 935. The number of thioether (sulfide) groups is 1. The van der Waals surface area contributed by atoms with Crippen LogP contribution in [0.15, 0.2) is 48.5 Å². The summed E-state index contributed by atoms with van der Waals surface area (Å²) in [6.07, 6.45) is 1.58. The van der Waals surface area contributed by atoms with Crippen LogP contribution in [0.3, 0.4) is 0 Å². The van der Waals surface area contributed by atoms with E-state index in [2.05, 4.69) is 22.8 Å². The molecule has 2 atom stereocenters. The first kappa shape index (κ1) is 23.7. The molecule has 0 unspecified atom stereocenters. The fourth-order valence-electron chi connectivity index (χ4n) is 3.92. The summed E-state index contributed by atoms with van der Waals surface area (Å²) in [7, 11) is 0. The van der Waals surface area contributed by atoms with E-state index in [1.54, 1.807) is 6.92 Å². The van der Waals surface area contributed by atoms with Gasteiger partial charge in [-0.25, -0.2) is 9.59 Å². The van der Waals surface area contributed by atoms with E-state index in [-0.39, 0.29) is 18.9 Å². The molecule has 1 aliphatic rings. The number of rotatable bonds is 10. The second kappa shape index (κ2) is 11.0. The summed E-state index contributed by atoms with van der Waals surface area (Å²) in [6.45, 7) is 1.87. The number of benzene rings is 2. The maximum absolute atomic E-state index is 12.3. The van der Waals surface area contributed by atoms with Gasteiger partial charge < -0.3 is 20.5 Å². The van der Waals surface area contributed by atoms with Crippen molar-refractivity contribution in [1.82, 2.24) is 10.6 Å². The Labute approximate surface area is 191 Å². The van der Waals surface area contributed by atoms with Gasteiger partial charge in [-0.05, 0) is 47.6 Å². The van der Waals surface area contributed by atoms with Gasteiger partial charge in [0, 0.05) is 18.4 Å². The zero-order valence-corrected chi connectivity index (χ0v) is 19.0. The zero-order chi connectivity index (χ0) is 23.1. The van der Waals surface area contributed by atoms with E-state index in [1.165, 1.54) is 11.8 Å². The number of carboxylic acids is 1. The van der Waals surface area contributed by atoms with Crippen LogP contribution in [-0.2, 0) is 14.3 Å². The van der Waals surface area contributed by atoms with E-state index in [0.29, 0.717) is 12.2 Å². The summed E-state index contributed by atoms with van der Waals surface area (Å²) in [5.74, 6) is -0.904. The highest BCUT2D eigenvalue weighted by molar-refractivity contribution is 7.98. The molecular formula is C24H28N2O5S. The number of aliphatic carboxylic acids is 1. The van der Waals surface area contributed by atoms with E-state index in [4.69, 9.17) is 4.74 Å². The minimum absolute atomic E-state index is 0.0345. The Morgan fingerprint density at radius 3 is 2.19 bits per heavy atom. The highest BCUT2D eigenvalue weighted by atomic mass is 32.2. The quantitative estimate of drug-likeness (QED) is 0.504. The van der Waals surface area contributed by atoms with Crippen LogP contribution in [0.2, 0.25) is 0 Å². The first-order valence-corrected chi connectivity index (χ1v) is 11.9. The molecule has 0 radical (unpaired) electrons. The Kier molecular flexibility index (Phi) is 8.16. The van der Waals surface area contributed by atoms with Crippen molar-refractivity contribution < 1.29 is 24.2 Å². The Hall–Kier alpha value is -3.00. The normalized spacial score (nSPS) is 14.1. The van der Waals surface area contributed by atoms with Crippen LogP contribution in [0.4, 0.5) is 4.79 Å². The van der Waals surface area contributed by atoms with Crippen LogP contribution in [0.5, 0.6) is 0 Å². The molecule has 0 aliphatic heterocycles. The molecule has 8 heteroatoms. The largest absolute Gasteiger partial charge is 0.480 e. The SMILES string of the molecule is CSCC[C@H](NC(=O)C[C@@H](C)NC(=O)OCC1c2ccccc2-c2ccccc21)C(=O)O. The lowest BCUT2D eigenvalue weighted by molar-refractivity contribution is -0.141. The summed E-state index contributed by atoms with van der Waals surface area (Å²) in [4.78, 5) is 35.8. The van der Waals surface area contributed by atoms with Crippen molar-refractivity contribution in [3.05, 3.63) is 59.7 Å². The third-order valence-corrected chi connectivity index (χ3v) is 6.09. The van der Waals surface area contributed by atoms with Crippen LogP contribution in [0, 0.1) is 0 Å². The fourth-order valence-corrected chi connectivity index (χ4v) is 4.39. The maximum atomic E-state index is 12.3. The third-order valence-electron chi connectivity index (χ3n) is 5.44. The second-order valence-electron chi connectivity index (χ2n) is 7.81. The molecule has 32 heavy (non-hydrogen) atoms. The predicted octanol–water partition coefficient (Wildman–Crippen LogP) is 3.63. The molecule has 2 aromatic rings. The highest BCUT2D eigenvalue weighted by Gasteiger charge is 2.29. The highest BCUT2D eigenvalue weighted by Crippen LogP contribution is 2.44. The smallest absolute Gasteiger partial charge is 0.407 e. The van der Waals surface area contributed by atoms with E-state index in [9.17, 15) is 19.5 Å². The summed E-state index contributed by atoms with van der Waals surface area (Å²) >= 11 is 1.52. The van der Waals surface area contributed by atoms with E-state index < -0.39 is 30.1 Å². The zero-order valence-electron chi connectivity index (χ0n) is 18.2. The summed E-state index contributed by atoms with van der Waals surface area (Å²) in [6, 6.07) is 14.7. The Morgan fingerprint density at radius 2 is 1.62 bits per heavy atom. The van der Waals surface area contributed by atoms with Crippen LogP contribution in [0.1, 0.15) is 36.8 Å². The molecule has 3 rings (SSSR count). The fraction of sp³-hybridized carbons (Fsp3) is 0.375. The van der Waals surface area contributed by atoms with E-state index in [0.717, 1.165) is 22.3 Å². The number of carboxylic acid groups (broad SMARTS) is 1. The lowest BCUT2D eigenvalue weighted by Crippen LogP contribution is -2.44. The predicted molar refractivity (Wildman–Crippen MR) is 125 cm³/mol. The molecular weight excluding hydrogens is 428 g/mol. The molecule has 0 saturated carbocycles. The van der Waals surface area contributed by atoms with Crippen LogP contribution in [-0.4, -0.2) is 53.8 Å². The molecule has 0 heterocycles. The average molecular weight is 457 g/mol. The number of hydrogen-bond donors (Lipinski definition) is 3. The van der Waals surface area contributed by atoms with Crippen molar-refractivity contribution in [2.45, 2.75) is 37.8 Å². The molecule has 170 valence electrons. The molecule has 3 N–H and O–H groups in total. The number of carbonyl (C=O) groups is 3. The molecule has 2 amide bonds. The standard InChI is InChI=1S/C24H28N2O5S/c1-15(13-22(27)26-21(23(28)29)11-12-32-2)25-24(30)31-14-20-18-9-5-3-7-16(18)17-8-4-6-10-19(17)20/h3-10,15,20-21H,11-14H2,1-2H3,(H,25,30)(H,26,27)(H,28,29)/t15-,21+/m1/s1. The first-order chi connectivity index (χ1) is 15.4. The van der Waals surface area contributed by atoms with Crippen LogP contribution in [0.25, 0.3) is 11.1 Å². The Balaban J connectivity index is 1.51. The number of carbonyl (C=O) groups excluding carboxylic acids is 2. The molecule has 0 aromatic heterocycles. The average Bonchev–Trinajstić information content (AvgIpc) is 3.08. The van der Waals surface area contributed by atoms with E-state index in [1.807, 2.05) is 42.7 Å². The molecule has 1 aliphatic carbocycles. The molecule has 2 aromatic carbocycles. The van der Waals surface area contributed by atoms with Gasteiger partial charge >= 0.3 is 12.1 Å². The lowest BCUT2D eigenvalue weighted by atomic mass is 9.98. The van der Waals surface area contributed by atoms with Crippen molar-refractivity contribution in [2.75, 3.05) is 18.6 Å². The topological polar surface area (TPSA) is 105 Å². The van der Waals surface area contributed by atoms with Gasteiger partial charge in [0.1, 0.15) is 12.6 Å². The van der Waals surface area contributed by atoms with Crippen molar-refractivity contribution in [3.63, 3.8) is 0 Å². The van der Waals surface area contributed by atoms with Crippen molar-refractivity contribution in [3.8, 4) is 11.1 Å². The van der Waals surface area contributed by atoms with Crippen LogP contribution >= 0.6 is 11.8 Å². The van der Waals surface area contributed by atoms with E-state index >= 15 is 0 Å². The Morgan fingerprint density at radius 1 is 1.03 bits per heavy atom. The van der Waals surface area contributed by atoms with Gasteiger partial charge in [-0.2, -0.15) is 11.8 Å². The minimum Gasteiger partial charge on any atom is -0.480 e. The third kappa shape index (κ3) is 5.82. The van der Waals surface area contributed by atoms with Gasteiger partial charge in [-0.3, -0.25) is 4.79 Å². The lowest BCUT2D eigenvalue weighted by Gasteiger charge is -2.18. The maximum Gasteiger partial charge on any atom is 0.407 e. The van der Waals surface area contributed by atoms with Crippen molar-refractivity contribution in [1.29, 1.82) is 0 Å². The van der Waals surface area contributed by atoms with Crippen LogP contribution < -0.4 is 10.6 Å². The first-order valence-electron chi connectivity index (χ1n) is 10.5. The molecule has 0 spiro atoms. The number of nitrogens with one attached hydrogen (secondary N) is 2. The van der Waals surface area contributed by atoms with Gasteiger partial charge in [0.15, 0.2) is 0 Å². The van der Waals surface area contributed by atoms with Gasteiger partial charge in [0.25, 0.3) is 0 Å². The summed E-state index contributed by atoms with van der Waals surface area (Å²) < 4.78 is 5.49. The molecule has 7 nitrogen and oxygen atoms in total. The van der Waals surface area contributed by atoms with Crippen molar-refractivity contribution >= 4 is 29.7 Å². The monoisotopic (exact) mass is 456 g/mol. The molecule has 0 saturated heterocycles. The number of hydrogen-bond acceptors (Lipinski definition) is 5. The van der Waals surface area contributed by atoms with Crippen molar-refractivity contribution in [2.24, 2.45) is 0 Å². The van der Waals surface area contributed by atoms with Gasteiger partial charge in [-0.1, -0.05) is 48.5 Å². The number of fused-ring (bicyclic) bond motifs is 3. The minimum atomic E-state index is -1.07. The van der Waals surface area contributed by atoms with Gasteiger partial charge in [0.05, 0.1) is 0 Å². The number of alkyl carbamates (subject to hydrolysis) is 1. The summed E-state index contributed by atoms with van der Waals surface area (Å²) in [5.41, 5.74) is 4.55. The summed E-state index contributed by atoms with van der Waals surface area (Å²) in [5, 5.41) is 14.4. The molecule has 0 bridgehead atoms. The number of amides is 2. The van der Waals surface area contributed by atoms with Gasteiger partial charge in [-0.15, -0.1) is 0 Å².